The van der Waals surface area contributed by atoms with Crippen LogP contribution in [0.15, 0.2) is 6.07 Å². The molecule has 2 rings (SSSR count). The number of anilines is 2. The molecule has 0 saturated carbocycles. The summed E-state index contributed by atoms with van der Waals surface area (Å²) in [6, 6.07) is 2.08. The van der Waals surface area contributed by atoms with Crippen molar-refractivity contribution in [3.8, 4) is 0 Å². The Labute approximate surface area is 123 Å². The SMILES string of the molecule is CCCc1nc(NC)cc(N2CCCC(C)(C)CC2)n1. The maximum Gasteiger partial charge on any atom is 0.134 e. The number of nitrogens with one attached hydrogen (secondary N) is 1. The van der Waals surface area contributed by atoms with Crippen LogP contribution in [0.4, 0.5) is 11.6 Å². The van der Waals surface area contributed by atoms with Crippen molar-refractivity contribution >= 4 is 11.6 Å². The molecule has 0 spiro atoms. The minimum Gasteiger partial charge on any atom is -0.373 e. The van der Waals surface area contributed by atoms with Gasteiger partial charge in [-0.2, -0.15) is 0 Å². The first-order valence-corrected chi connectivity index (χ1v) is 7.85. The van der Waals surface area contributed by atoms with E-state index in [0.29, 0.717) is 5.41 Å². The molecule has 0 atom stereocenters. The highest BCUT2D eigenvalue weighted by atomic mass is 15.2. The lowest BCUT2D eigenvalue weighted by atomic mass is 9.85. The van der Waals surface area contributed by atoms with Crippen LogP contribution in [0.5, 0.6) is 0 Å². The Morgan fingerprint density at radius 3 is 2.75 bits per heavy atom. The monoisotopic (exact) mass is 276 g/mol. The average molecular weight is 276 g/mol. The molecule has 1 fully saturated rings. The summed E-state index contributed by atoms with van der Waals surface area (Å²) in [6.45, 7) is 9.12. The van der Waals surface area contributed by atoms with Gasteiger partial charge in [-0.3, -0.25) is 0 Å². The van der Waals surface area contributed by atoms with E-state index in [1.165, 1.54) is 19.3 Å². The molecule has 0 radical (unpaired) electrons. The van der Waals surface area contributed by atoms with Gasteiger partial charge >= 0.3 is 0 Å². The third kappa shape index (κ3) is 3.84. The van der Waals surface area contributed by atoms with Gasteiger partial charge in [-0.1, -0.05) is 20.8 Å². The molecular formula is C16H28N4. The van der Waals surface area contributed by atoms with Crippen molar-refractivity contribution in [2.24, 2.45) is 5.41 Å². The molecular weight excluding hydrogens is 248 g/mol. The fraction of sp³-hybridized carbons (Fsp3) is 0.750. The van der Waals surface area contributed by atoms with Crippen LogP contribution in [-0.4, -0.2) is 30.1 Å². The van der Waals surface area contributed by atoms with Crippen LogP contribution in [0.3, 0.4) is 0 Å². The Kier molecular flexibility index (Phi) is 4.84. The van der Waals surface area contributed by atoms with Gasteiger partial charge in [-0.25, -0.2) is 9.97 Å². The summed E-state index contributed by atoms with van der Waals surface area (Å²) < 4.78 is 0. The minimum absolute atomic E-state index is 0.458. The fourth-order valence-corrected chi connectivity index (χ4v) is 2.76. The molecule has 4 heteroatoms. The minimum atomic E-state index is 0.458. The topological polar surface area (TPSA) is 41.1 Å². The fourth-order valence-electron chi connectivity index (χ4n) is 2.76. The molecule has 1 N–H and O–H groups in total. The largest absolute Gasteiger partial charge is 0.373 e. The van der Waals surface area contributed by atoms with E-state index in [-0.39, 0.29) is 0 Å². The smallest absolute Gasteiger partial charge is 0.134 e. The van der Waals surface area contributed by atoms with Gasteiger partial charge in [0.25, 0.3) is 0 Å². The van der Waals surface area contributed by atoms with Gasteiger partial charge in [-0.05, 0) is 31.1 Å². The van der Waals surface area contributed by atoms with Crippen LogP contribution in [-0.2, 0) is 6.42 Å². The van der Waals surface area contributed by atoms with E-state index in [4.69, 9.17) is 4.98 Å². The van der Waals surface area contributed by atoms with Crippen molar-refractivity contribution in [3.05, 3.63) is 11.9 Å². The molecule has 112 valence electrons. The Morgan fingerprint density at radius 1 is 1.25 bits per heavy atom. The Balaban J connectivity index is 2.20. The summed E-state index contributed by atoms with van der Waals surface area (Å²) in [5.41, 5.74) is 0.458. The number of nitrogens with zero attached hydrogens (tertiary/aromatic N) is 3. The summed E-state index contributed by atoms with van der Waals surface area (Å²) in [4.78, 5) is 11.7. The molecule has 2 heterocycles. The standard InChI is InChI=1S/C16H28N4/c1-5-7-13-18-14(17-4)12-15(19-13)20-10-6-8-16(2,3)9-11-20/h12H,5-11H2,1-4H3,(H,17,18,19). The van der Waals surface area contributed by atoms with E-state index < -0.39 is 0 Å². The highest BCUT2D eigenvalue weighted by Crippen LogP contribution is 2.31. The molecule has 1 saturated heterocycles. The first kappa shape index (κ1) is 15.1. The van der Waals surface area contributed by atoms with Gasteiger partial charge in [-0.15, -0.1) is 0 Å². The van der Waals surface area contributed by atoms with Gasteiger partial charge in [0.1, 0.15) is 17.5 Å². The molecule has 1 aliphatic rings. The number of rotatable bonds is 4. The molecule has 4 nitrogen and oxygen atoms in total. The van der Waals surface area contributed by atoms with Crippen molar-refractivity contribution < 1.29 is 0 Å². The van der Waals surface area contributed by atoms with Gasteiger partial charge in [0, 0.05) is 32.6 Å². The van der Waals surface area contributed by atoms with Crippen molar-refractivity contribution in [2.45, 2.75) is 52.9 Å². The third-order valence-corrected chi connectivity index (χ3v) is 4.15. The van der Waals surface area contributed by atoms with E-state index >= 15 is 0 Å². The molecule has 0 bridgehead atoms. The molecule has 0 amide bonds. The van der Waals surface area contributed by atoms with Gasteiger partial charge in [0.2, 0.25) is 0 Å². The number of hydrogen-bond donors (Lipinski definition) is 1. The highest BCUT2D eigenvalue weighted by Gasteiger charge is 2.24. The predicted molar refractivity (Wildman–Crippen MR) is 85.4 cm³/mol. The number of aromatic nitrogens is 2. The summed E-state index contributed by atoms with van der Waals surface area (Å²) in [7, 11) is 1.92. The zero-order valence-electron chi connectivity index (χ0n) is 13.4. The highest BCUT2D eigenvalue weighted by molar-refractivity contribution is 5.49. The second-order valence-electron chi connectivity index (χ2n) is 6.53. The lowest BCUT2D eigenvalue weighted by molar-refractivity contribution is 0.325. The molecule has 0 unspecified atom stereocenters. The summed E-state index contributed by atoms with van der Waals surface area (Å²) in [5.74, 6) is 2.98. The van der Waals surface area contributed by atoms with Gasteiger partial charge in [0.05, 0.1) is 0 Å². The molecule has 1 aromatic rings. The van der Waals surface area contributed by atoms with Crippen molar-refractivity contribution in [2.75, 3.05) is 30.4 Å². The molecule has 1 aliphatic heterocycles. The van der Waals surface area contributed by atoms with E-state index in [2.05, 4.69) is 42.0 Å². The normalized spacial score (nSPS) is 18.7. The molecule has 0 aromatic carbocycles. The summed E-state index contributed by atoms with van der Waals surface area (Å²) in [5, 5.41) is 3.16. The molecule has 0 aliphatic carbocycles. The van der Waals surface area contributed by atoms with Crippen LogP contribution in [0, 0.1) is 5.41 Å². The maximum absolute atomic E-state index is 4.76. The van der Waals surface area contributed by atoms with E-state index in [0.717, 1.165) is 43.4 Å². The summed E-state index contributed by atoms with van der Waals surface area (Å²) in [6.07, 6.45) is 5.81. The van der Waals surface area contributed by atoms with Crippen LogP contribution in [0.25, 0.3) is 0 Å². The Hall–Kier alpha value is -1.32. The van der Waals surface area contributed by atoms with Crippen LogP contribution in [0.1, 0.15) is 52.3 Å². The van der Waals surface area contributed by atoms with Gasteiger partial charge in [0.15, 0.2) is 0 Å². The lowest BCUT2D eigenvalue weighted by Crippen LogP contribution is -2.26. The van der Waals surface area contributed by atoms with E-state index in [1.807, 2.05) is 7.05 Å². The van der Waals surface area contributed by atoms with Crippen LogP contribution < -0.4 is 10.2 Å². The molecule has 1 aromatic heterocycles. The second kappa shape index (κ2) is 6.42. The van der Waals surface area contributed by atoms with Crippen molar-refractivity contribution in [3.63, 3.8) is 0 Å². The quantitative estimate of drug-likeness (QED) is 0.914. The van der Waals surface area contributed by atoms with Crippen molar-refractivity contribution in [1.82, 2.24) is 9.97 Å². The average Bonchev–Trinajstić information content (AvgIpc) is 2.59. The first-order chi connectivity index (χ1) is 9.54. The maximum atomic E-state index is 4.76. The van der Waals surface area contributed by atoms with Crippen LogP contribution >= 0.6 is 0 Å². The second-order valence-corrected chi connectivity index (χ2v) is 6.53. The van der Waals surface area contributed by atoms with E-state index in [9.17, 15) is 0 Å². The Morgan fingerprint density at radius 2 is 2.05 bits per heavy atom. The Bertz CT molecular complexity index is 442. The number of aryl methyl sites for hydroxylation is 1. The molecule has 20 heavy (non-hydrogen) atoms. The first-order valence-electron chi connectivity index (χ1n) is 7.85. The van der Waals surface area contributed by atoms with Crippen molar-refractivity contribution in [1.29, 1.82) is 0 Å². The summed E-state index contributed by atoms with van der Waals surface area (Å²) >= 11 is 0. The zero-order chi connectivity index (χ0) is 14.6. The van der Waals surface area contributed by atoms with E-state index in [1.54, 1.807) is 0 Å². The zero-order valence-corrected chi connectivity index (χ0v) is 13.4. The number of hydrogen-bond acceptors (Lipinski definition) is 4. The van der Waals surface area contributed by atoms with Gasteiger partial charge < -0.3 is 10.2 Å². The predicted octanol–water partition coefficient (Wildman–Crippen LogP) is 3.49. The third-order valence-electron chi connectivity index (χ3n) is 4.15. The lowest BCUT2D eigenvalue weighted by Gasteiger charge is -2.24. The van der Waals surface area contributed by atoms with Crippen LogP contribution in [0.2, 0.25) is 0 Å².